The Morgan fingerprint density at radius 3 is 2.60 bits per heavy atom. The molecular formula is C14H11Br2F2NO. The van der Waals surface area contributed by atoms with E-state index >= 15 is 0 Å². The molecule has 0 amide bonds. The molecule has 0 fully saturated rings. The van der Waals surface area contributed by atoms with Crippen molar-refractivity contribution in [3.05, 3.63) is 56.5 Å². The van der Waals surface area contributed by atoms with Gasteiger partial charge < -0.3 is 10.1 Å². The van der Waals surface area contributed by atoms with Crippen molar-refractivity contribution in [3.8, 4) is 5.75 Å². The Morgan fingerprint density at radius 1 is 1.15 bits per heavy atom. The van der Waals surface area contributed by atoms with E-state index in [1.807, 2.05) is 12.1 Å². The molecule has 0 spiro atoms. The molecule has 0 bridgehead atoms. The zero-order valence-corrected chi connectivity index (χ0v) is 13.7. The van der Waals surface area contributed by atoms with Crippen molar-refractivity contribution in [3.63, 3.8) is 0 Å². The minimum absolute atomic E-state index is 0.114. The molecule has 0 heterocycles. The molecule has 0 radical (unpaired) electrons. The standard InChI is InChI=1S/C14H11Br2F2NO/c1-20-14-8(4-9(15)5-11(14)16)7-19-13-6-10(17)2-3-12(13)18/h2-6,19H,7H2,1H3. The van der Waals surface area contributed by atoms with Gasteiger partial charge in [0.05, 0.1) is 17.3 Å². The van der Waals surface area contributed by atoms with Crippen LogP contribution in [0, 0.1) is 11.6 Å². The largest absolute Gasteiger partial charge is 0.495 e. The number of ether oxygens (including phenoxy) is 1. The smallest absolute Gasteiger partial charge is 0.146 e. The summed E-state index contributed by atoms with van der Waals surface area (Å²) in [6.07, 6.45) is 0. The van der Waals surface area contributed by atoms with E-state index in [0.29, 0.717) is 12.3 Å². The average Bonchev–Trinajstić information content (AvgIpc) is 2.39. The normalized spacial score (nSPS) is 10.4. The van der Waals surface area contributed by atoms with E-state index in [9.17, 15) is 8.78 Å². The first-order valence-corrected chi connectivity index (χ1v) is 7.30. The van der Waals surface area contributed by atoms with Gasteiger partial charge in [0.1, 0.15) is 17.4 Å². The van der Waals surface area contributed by atoms with E-state index in [2.05, 4.69) is 37.2 Å². The second kappa shape index (κ2) is 6.54. The molecular weight excluding hydrogens is 396 g/mol. The van der Waals surface area contributed by atoms with Crippen molar-refractivity contribution >= 4 is 37.5 Å². The molecule has 0 aromatic heterocycles. The summed E-state index contributed by atoms with van der Waals surface area (Å²) in [4.78, 5) is 0. The second-order valence-electron chi connectivity index (χ2n) is 4.06. The Labute approximate surface area is 132 Å². The molecule has 6 heteroatoms. The van der Waals surface area contributed by atoms with Crippen LogP contribution < -0.4 is 10.1 Å². The summed E-state index contributed by atoms with van der Waals surface area (Å²) in [5.41, 5.74) is 0.931. The molecule has 0 aliphatic heterocycles. The maximum atomic E-state index is 13.5. The summed E-state index contributed by atoms with van der Waals surface area (Å²) in [5, 5.41) is 2.86. The molecule has 106 valence electrons. The first-order valence-electron chi connectivity index (χ1n) is 5.72. The zero-order chi connectivity index (χ0) is 14.7. The number of rotatable bonds is 4. The zero-order valence-electron chi connectivity index (χ0n) is 10.5. The van der Waals surface area contributed by atoms with Gasteiger partial charge in [-0.3, -0.25) is 0 Å². The van der Waals surface area contributed by atoms with Crippen molar-refractivity contribution in [2.75, 3.05) is 12.4 Å². The van der Waals surface area contributed by atoms with Crippen LogP contribution in [0.2, 0.25) is 0 Å². The topological polar surface area (TPSA) is 21.3 Å². The summed E-state index contributed by atoms with van der Waals surface area (Å²) in [6, 6.07) is 7.00. The lowest BCUT2D eigenvalue weighted by Gasteiger charge is -2.13. The first-order chi connectivity index (χ1) is 9.51. The van der Waals surface area contributed by atoms with E-state index in [-0.39, 0.29) is 5.69 Å². The van der Waals surface area contributed by atoms with E-state index in [4.69, 9.17) is 4.74 Å². The predicted octanol–water partition coefficient (Wildman–Crippen LogP) is 5.11. The molecule has 0 atom stereocenters. The van der Waals surface area contributed by atoms with Gasteiger partial charge in [-0.2, -0.15) is 0 Å². The lowest BCUT2D eigenvalue weighted by atomic mass is 10.2. The molecule has 0 aliphatic carbocycles. The average molecular weight is 407 g/mol. The lowest BCUT2D eigenvalue weighted by Crippen LogP contribution is -2.04. The Balaban J connectivity index is 2.24. The van der Waals surface area contributed by atoms with Crippen LogP contribution in [-0.2, 0) is 6.54 Å². The molecule has 2 nitrogen and oxygen atoms in total. The fraction of sp³-hybridized carbons (Fsp3) is 0.143. The van der Waals surface area contributed by atoms with Crippen molar-refractivity contribution in [1.29, 1.82) is 0 Å². The van der Waals surface area contributed by atoms with Gasteiger partial charge in [-0.1, -0.05) is 15.9 Å². The highest BCUT2D eigenvalue weighted by molar-refractivity contribution is 9.11. The van der Waals surface area contributed by atoms with Crippen LogP contribution in [0.3, 0.4) is 0 Å². The number of nitrogens with one attached hydrogen (secondary N) is 1. The van der Waals surface area contributed by atoms with Gasteiger partial charge in [0, 0.05) is 16.6 Å². The van der Waals surface area contributed by atoms with Crippen molar-refractivity contribution in [2.45, 2.75) is 6.54 Å². The first kappa shape index (κ1) is 15.3. The molecule has 20 heavy (non-hydrogen) atoms. The van der Waals surface area contributed by atoms with Crippen molar-refractivity contribution in [2.24, 2.45) is 0 Å². The number of benzene rings is 2. The Bertz CT molecular complexity index is 635. The fourth-order valence-corrected chi connectivity index (χ4v) is 3.27. The van der Waals surface area contributed by atoms with Gasteiger partial charge in [0.15, 0.2) is 0 Å². The summed E-state index contributed by atoms with van der Waals surface area (Å²) in [6.45, 7) is 0.307. The van der Waals surface area contributed by atoms with Gasteiger partial charge in [0.25, 0.3) is 0 Å². The van der Waals surface area contributed by atoms with Crippen LogP contribution >= 0.6 is 31.9 Å². The third kappa shape index (κ3) is 3.49. The van der Waals surface area contributed by atoms with Crippen LogP contribution in [-0.4, -0.2) is 7.11 Å². The summed E-state index contributed by atoms with van der Waals surface area (Å²) in [7, 11) is 1.56. The lowest BCUT2D eigenvalue weighted by molar-refractivity contribution is 0.407. The minimum Gasteiger partial charge on any atom is -0.495 e. The Morgan fingerprint density at radius 2 is 1.90 bits per heavy atom. The fourth-order valence-electron chi connectivity index (χ4n) is 1.80. The number of anilines is 1. The predicted molar refractivity (Wildman–Crippen MR) is 82.1 cm³/mol. The summed E-state index contributed by atoms with van der Waals surface area (Å²) < 4.78 is 33.6. The summed E-state index contributed by atoms with van der Waals surface area (Å²) >= 11 is 6.77. The molecule has 2 aromatic rings. The SMILES string of the molecule is COc1c(Br)cc(Br)cc1CNc1cc(F)ccc1F. The molecule has 0 unspecified atom stereocenters. The van der Waals surface area contributed by atoms with E-state index in [0.717, 1.165) is 32.7 Å². The number of methoxy groups -OCH3 is 1. The monoisotopic (exact) mass is 405 g/mol. The quantitative estimate of drug-likeness (QED) is 0.761. The van der Waals surface area contributed by atoms with Gasteiger partial charge in [0.2, 0.25) is 0 Å². The van der Waals surface area contributed by atoms with E-state index < -0.39 is 11.6 Å². The molecule has 0 saturated heterocycles. The number of hydrogen-bond donors (Lipinski definition) is 1. The third-order valence-corrected chi connectivity index (χ3v) is 3.73. The van der Waals surface area contributed by atoms with Crippen LogP contribution in [0.1, 0.15) is 5.56 Å². The van der Waals surface area contributed by atoms with E-state index in [1.165, 1.54) is 0 Å². The highest BCUT2D eigenvalue weighted by atomic mass is 79.9. The number of halogens is 4. The molecule has 2 aromatic carbocycles. The summed E-state index contributed by atoms with van der Waals surface area (Å²) in [5.74, 6) is -0.340. The van der Waals surface area contributed by atoms with Crippen LogP contribution in [0.4, 0.5) is 14.5 Å². The van der Waals surface area contributed by atoms with Crippen molar-refractivity contribution < 1.29 is 13.5 Å². The van der Waals surface area contributed by atoms with Gasteiger partial charge in [-0.05, 0) is 46.3 Å². The van der Waals surface area contributed by atoms with Gasteiger partial charge in [-0.15, -0.1) is 0 Å². The van der Waals surface area contributed by atoms with Gasteiger partial charge in [-0.25, -0.2) is 8.78 Å². The van der Waals surface area contributed by atoms with E-state index in [1.54, 1.807) is 7.11 Å². The maximum absolute atomic E-state index is 13.5. The second-order valence-corrected chi connectivity index (χ2v) is 5.83. The highest BCUT2D eigenvalue weighted by Crippen LogP contribution is 2.33. The Kier molecular flexibility index (Phi) is 4.99. The van der Waals surface area contributed by atoms with Crippen LogP contribution in [0.25, 0.3) is 0 Å². The molecule has 2 rings (SSSR count). The highest BCUT2D eigenvalue weighted by Gasteiger charge is 2.10. The third-order valence-electron chi connectivity index (χ3n) is 2.69. The van der Waals surface area contributed by atoms with Crippen molar-refractivity contribution in [1.82, 2.24) is 0 Å². The maximum Gasteiger partial charge on any atom is 0.146 e. The Hall–Kier alpha value is -1.14. The molecule has 1 N–H and O–H groups in total. The van der Waals surface area contributed by atoms with Crippen LogP contribution in [0.5, 0.6) is 5.75 Å². The minimum atomic E-state index is -0.501. The number of hydrogen-bond acceptors (Lipinski definition) is 2. The van der Waals surface area contributed by atoms with Crippen LogP contribution in [0.15, 0.2) is 39.3 Å². The van der Waals surface area contributed by atoms with Gasteiger partial charge >= 0.3 is 0 Å². The molecule has 0 aliphatic rings. The molecule has 0 saturated carbocycles.